The van der Waals surface area contributed by atoms with Crippen LogP contribution >= 0.6 is 23.4 Å². The second-order valence-electron chi connectivity index (χ2n) is 4.72. The minimum Gasteiger partial charge on any atom is -0.465 e. The summed E-state index contributed by atoms with van der Waals surface area (Å²) in [5.74, 6) is -0.710. The van der Waals surface area contributed by atoms with Crippen LogP contribution in [0.5, 0.6) is 0 Å². The van der Waals surface area contributed by atoms with Gasteiger partial charge in [0.05, 0.1) is 28.6 Å². The molecule has 0 radical (unpaired) electrons. The molecular weight excluding hydrogens is 334 g/mol. The van der Waals surface area contributed by atoms with Gasteiger partial charge in [0.1, 0.15) is 0 Å². The number of amides is 1. The molecule has 0 aliphatic carbocycles. The number of carbonyl (C=O) groups excluding carboxylic acids is 2. The Balaban J connectivity index is 2.10. The number of carbonyl (C=O) groups is 2. The molecule has 2 rings (SSSR count). The van der Waals surface area contributed by atoms with Crippen LogP contribution in [0.1, 0.15) is 17.3 Å². The van der Waals surface area contributed by atoms with E-state index in [4.69, 9.17) is 16.3 Å². The summed E-state index contributed by atoms with van der Waals surface area (Å²) in [5, 5.41) is 2.99. The number of benzene rings is 2. The molecule has 0 heterocycles. The topological polar surface area (TPSA) is 55.4 Å². The molecule has 1 unspecified atom stereocenters. The van der Waals surface area contributed by atoms with E-state index in [1.807, 2.05) is 18.2 Å². The number of halogens is 1. The van der Waals surface area contributed by atoms with Gasteiger partial charge in [-0.2, -0.15) is 0 Å². The zero-order valence-corrected chi connectivity index (χ0v) is 14.3. The number of hydrogen-bond acceptors (Lipinski definition) is 4. The minimum absolute atomic E-state index is 0.216. The molecule has 6 heteroatoms. The van der Waals surface area contributed by atoms with E-state index in [0.29, 0.717) is 16.3 Å². The van der Waals surface area contributed by atoms with Gasteiger partial charge in [-0.05, 0) is 31.2 Å². The molecule has 4 nitrogen and oxygen atoms in total. The third kappa shape index (κ3) is 4.50. The van der Waals surface area contributed by atoms with Gasteiger partial charge in [0.2, 0.25) is 5.91 Å². The first-order valence-corrected chi connectivity index (χ1v) is 8.18. The number of nitrogens with one attached hydrogen (secondary N) is 1. The Morgan fingerprint density at radius 3 is 2.48 bits per heavy atom. The highest BCUT2D eigenvalue weighted by Gasteiger charge is 2.19. The number of esters is 1. The van der Waals surface area contributed by atoms with E-state index < -0.39 is 5.97 Å². The average Bonchev–Trinajstić information content (AvgIpc) is 2.56. The number of thioether (sulfide) groups is 1. The molecule has 0 spiro atoms. The summed E-state index contributed by atoms with van der Waals surface area (Å²) in [4.78, 5) is 24.9. The summed E-state index contributed by atoms with van der Waals surface area (Å²) in [7, 11) is 1.30. The van der Waals surface area contributed by atoms with Crippen molar-refractivity contribution in [1.82, 2.24) is 0 Å². The van der Waals surface area contributed by atoms with Crippen molar-refractivity contribution in [3.8, 4) is 0 Å². The van der Waals surface area contributed by atoms with Gasteiger partial charge in [0.25, 0.3) is 0 Å². The van der Waals surface area contributed by atoms with Crippen LogP contribution in [0.25, 0.3) is 0 Å². The second-order valence-corrected chi connectivity index (χ2v) is 6.51. The van der Waals surface area contributed by atoms with Crippen LogP contribution < -0.4 is 5.32 Å². The number of ether oxygens (including phenoxy) is 1. The van der Waals surface area contributed by atoms with Gasteiger partial charge >= 0.3 is 5.97 Å². The summed E-state index contributed by atoms with van der Waals surface area (Å²) >= 11 is 7.46. The van der Waals surface area contributed by atoms with Crippen LogP contribution in [0, 0.1) is 0 Å². The summed E-state index contributed by atoms with van der Waals surface area (Å²) < 4.78 is 4.72. The molecule has 0 aromatic heterocycles. The van der Waals surface area contributed by atoms with Gasteiger partial charge in [0, 0.05) is 4.90 Å². The molecule has 1 N–H and O–H groups in total. The predicted octanol–water partition coefficient (Wildman–Crippen LogP) is 4.25. The maximum Gasteiger partial charge on any atom is 0.339 e. The van der Waals surface area contributed by atoms with Crippen molar-refractivity contribution < 1.29 is 14.3 Å². The fourth-order valence-corrected chi connectivity index (χ4v) is 3.05. The van der Waals surface area contributed by atoms with Crippen molar-refractivity contribution in [2.24, 2.45) is 0 Å². The molecule has 2 aromatic carbocycles. The van der Waals surface area contributed by atoms with Gasteiger partial charge in [0.15, 0.2) is 0 Å². The molecule has 120 valence electrons. The highest BCUT2D eigenvalue weighted by Crippen LogP contribution is 2.30. The number of rotatable bonds is 5. The molecule has 23 heavy (non-hydrogen) atoms. The van der Waals surface area contributed by atoms with E-state index >= 15 is 0 Å². The van der Waals surface area contributed by atoms with Crippen LogP contribution in [-0.4, -0.2) is 24.2 Å². The van der Waals surface area contributed by atoms with Crippen LogP contribution in [0.3, 0.4) is 0 Å². The second kappa shape index (κ2) is 8.04. The molecule has 1 amide bonds. The highest BCUT2D eigenvalue weighted by molar-refractivity contribution is 8.00. The molecule has 0 aliphatic rings. The zero-order chi connectivity index (χ0) is 16.8. The van der Waals surface area contributed by atoms with Crippen molar-refractivity contribution in [1.29, 1.82) is 0 Å². The van der Waals surface area contributed by atoms with Crippen LogP contribution in [0.4, 0.5) is 5.69 Å². The summed E-state index contributed by atoms with van der Waals surface area (Å²) in [6, 6.07) is 14.1. The Morgan fingerprint density at radius 2 is 1.78 bits per heavy atom. The van der Waals surface area contributed by atoms with Gasteiger partial charge in [-0.25, -0.2) is 4.79 Å². The highest BCUT2D eigenvalue weighted by atomic mass is 35.5. The third-order valence-corrected chi connectivity index (χ3v) is 4.72. The summed E-state index contributed by atoms with van der Waals surface area (Å²) in [5.41, 5.74) is 0.745. The van der Waals surface area contributed by atoms with Crippen molar-refractivity contribution in [2.75, 3.05) is 12.4 Å². The predicted molar refractivity (Wildman–Crippen MR) is 93.2 cm³/mol. The molecule has 0 bridgehead atoms. The number of anilines is 1. The SMILES string of the molecule is COC(=O)c1ccccc1NC(=O)C(C)Sc1ccccc1Cl. The average molecular weight is 350 g/mol. The lowest BCUT2D eigenvalue weighted by atomic mass is 10.2. The maximum atomic E-state index is 12.4. The largest absolute Gasteiger partial charge is 0.465 e. The van der Waals surface area contributed by atoms with Crippen molar-refractivity contribution in [2.45, 2.75) is 17.1 Å². The number of methoxy groups -OCH3 is 1. The Hall–Kier alpha value is -1.98. The first-order chi connectivity index (χ1) is 11.0. The third-order valence-electron chi connectivity index (χ3n) is 3.10. The van der Waals surface area contributed by atoms with Gasteiger partial charge < -0.3 is 10.1 Å². The first-order valence-electron chi connectivity index (χ1n) is 6.92. The molecule has 0 saturated heterocycles. The maximum absolute atomic E-state index is 12.4. The Bertz CT molecular complexity index is 720. The van der Waals surface area contributed by atoms with Crippen molar-refractivity contribution >= 4 is 40.9 Å². The molecule has 0 aliphatic heterocycles. The quantitative estimate of drug-likeness (QED) is 0.647. The van der Waals surface area contributed by atoms with Crippen molar-refractivity contribution in [3.63, 3.8) is 0 Å². The number of para-hydroxylation sites is 1. The lowest BCUT2D eigenvalue weighted by molar-refractivity contribution is -0.115. The molecule has 1 atom stereocenters. The molecule has 0 saturated carbocycles. The van der Waals surface area contributed by atoms with Crippen LogP contribution in [0.2, 0.25) is 5.02 Å². The van der Waals surface area contributed by atoms with Gasteiger partial charge in [-0.15, -0.1) is 11.8 Å². The Labute approximate surface area is 144 Å². The smallest absolute Gasteiger partial charge is 0.339 e. The normalized spacial score (nSPS) is 11.6. The Morgan fingerprint density at radius 1 is 1.13 bits per heavy atom. The van der Waals surface area contributed by atoms with Gasteiger partial charge in [-0.1, -0.05) is 35.9 Å². The zero-order valence-electron chi connectivity index (χ0n) is 12.7. The van der Waals surface area contributed by atoms with Gasteiger partial charge in [-0.3, -0.25) is 4.79 Å². The van der Waals surface area contributed by atoms with Crippen LogP contribution in [-0.2, 0) is 9.53 Å². The molecular formula is C17H16ClNO3S. The Kier molecular flexibility index (Phi) is 6.07. The lowest BCUT2D eigenvalue weighted by Crippen LogP contribution is -2.23. The first kappa shape index (κ1) is 17.4. The summed E-state index contributed by atoms with van der Waals surface area (Å²) in [6.45, 7) is 1.78. The van der Waals surface area contributed by atoms with Crippen molar-refractivity contribution in [3.05, 3.63) is 59.1 Å². The fraction of sp³-hybridized carbons (Fsp3) is 0.176. The molecule has 2 aromatic rings. The fourth-order valence-electron chi connectivity index (χ4n) is 1.90. The molecule has 0 fully saturated rings. The minimum atomic E-state index is -0.493. The monoisotopic (exact) mass is 349 g/mol. The number of hydrogen-bond donors (Lipinski definition) is 1. The standard InChI is InChI=1S/C17H16ClNO3S/c1-11(23-15-10-6-4-8-13(15)18)16(20)19-14-9-5-3-7-12(14)17(21)22-2/h3-11H,1-2H3,(H,19,20). The lowest BCUT2D eigenvalue weighted by Gasteiger charge is -2.14. The van der Waals surface area contributed by atoms with E-state index in [9.17, 15) is 9.59 Å². The van der Waals surface area contributed by atoms with E-state index in [2.05, 4.69) is 5.32 Å². The van der Waals surface area contributed by atoms with E-state index in [0.717, 1.165) is 4.90 Å². The van der Waals surface area contributed by atoms with E-state index in [1.54, 1.807) is 37.3 Å². The van der Waals surface area contributed by atoms with Crippen LogP contribution in [0.15, 0.2) is 53.4 Å². The summed E-state index contributed by atoms with van der Waals surface area (Å²) in [6.07, 6.45) is 0. The van der Waals surface area contributed by atoms with E-state index in [-0.39, 0.29) is 11.2 Å². The van der Waals surface area contributed by atoms with E-state index in [1.165, 1.54) is 18.9 Å².